The van der Waals surface area contributed by atoms with Gasteiger partial charge in [0.15, 0.2) is 17.0 Å². The predicted molar refractivity (Wildman–Crippen MR) is 130 cm³/mol. The van der Waals surface area contributed by atoms with Crippen molar-refractivity contribution in [2.75, 3.05) is 18.5 Å². The van der Waals surface area contributed by atoms with Crippen molar-refractivity contribution in [2.24, 2.45) is 0 Å². The minimum absolute atomic E-state index is 0.0540. The number of hydrogen-bond donors (Lipinski definition) is 1. The number of nitrogens with one attached hydrogen (secondary N) is 1. The molecule has 0 spiro atoms. The Morgan fingerprint density at radius 2 is 2.00 bits per heavy atom. The topological polar surface area (TPSA) is 95.6 Å². The Kier molecular flexibility index (Phi) is 5.98. The Morgan fingerprint density at radius 3 is 2.86 bits per heavy atom. The molecule has 6 rings (SSSR count). The lowest BCUT2D eigenvalue weighted by Gasteiger charge is -2.23. The van der Waals surface area contributed by atoms with Crippen LogP contribution in [0.5, 0.6) is 0 Å². The third kappa shape index (κ3) is 4.26. The summed E-state index contributed by atoms with van der Waals surface area (Å²) in [5, 5.41) is 3.35. The van der Waals surface area contributed by atoms with Gasteiger partial charge in [-0.1, -0.05) is 0 Å². The molecule has 1 aromatic carbocycles. The highest BCUT2D eigenvalue weighted by Crippen LogP contribution is 2.27. The Labute approximate surface area is 205 Å². The molecule has 0 aliphatic carbocycles. The first-order chi connectivity index (χ1) is 17.7. The minimum Gasteiger partial charge on any atom is -0.368 e. The number of ether oxygens (including phenoxy) is 1. The molecule has 0 bridgehead atoms. The summed E-state index contributed by atoms with van der Waals surface area (Å²) < 4.78 is 37.5. The van der Waals surface area contributed by atoms with Gasteiger partial charge in [0, 0.05) is 31.7 Å². The summed E-state index contributed by atoms with van der Waals surface area (Å²) in [6, 6.07) is 5.76. The molecule has 184 valence electrons. The number of benzene rings is 1. The first-order valence-electron chi connectivity index (χ1n) is 12.0. The zero-order chi connectivity index (χ0) is 24.5. The second-order valence-electron chi connectivity index (χ2n) is 8.76. The van der Waals surface area contributed by atoms with Crippen LogP contribution in [0.25, 0.3) is 27.9 Å². The fraction of sp³-hybridized carbons (Fsp3) is 0.320. The Morgan fingerprint density at radius 1 is 1.06 bits per heavy atom. The van der Waals surface area contributed by atoms with Crippen LogP contribution < -0.4 is 5.32 Å². The summed E-state index contributed by atoms with van der Waals surface area (Å²) >= 11 is 0. The van der Waals surface area contributed by atoms with Crippen molar-refractivity contribution in [3.63, 3.8) is 0 Å². The van der Waals surface area contributed by atoms with Crippen LogP contribution in [-0.4, -0.2) is 47.2 Å². The quantitative estimate of drug-likeness (QED) is 0.334. The van der Waals surface area contributed by atoms with E-state index in [-0.39, 0.29) is 12.0 Å². The summed E-state index contributed by atoms with van der Waals surface area (Å²) in [6.07, 6.45) is 10.3. The van der Waals surface area contributed by atoms with Crippen molar-refractivity contribution in [1.29, 1.82) is 0 Å². The number of rotatable bonds is 7. The van der Waals surface area contributed by atoms with Gasteiger partial charge in [-0.25, -0.2) is 28.7 Å². The van der Waals surface area contributed by atoms with E-state index in [1.165, 1.54) is 24.5 Å². The molecule has 1 N–H and O–H groups in total. The van der Waals surface area contributed by atoms with Crippen LogP contribution in [0.1, 0.15) is 37.7 Å². The first-order valence-corrected chi connectivity index (χ1v) is 12.0. The van der Waals surface area contributed by atoms with Crippen molar-refractivity contribution in [2.45, 2.75) is 38.3 Å². The average Bonchev–Trinajstić information content (AvgIpc) is 3.49. The number of pyridine rings is 1. The number of halogens is 2. The minimum atomic E-state index is -0.468. The zero-order valence-electron chi connectivity index (χ0n) is 19.4. The molecule has 0 unspecified atom stereocenters. The van der Waals surface area contributed by atoms with Crippen LogP contribution in [0.3, 0.4) is 0 Å². The largest absolute Gasteiger partial charge is 0.368 e. The fourth-order valence-electron chi connectivity index (χ4n) is 4.67. The molecule has 4 aromatic heterocycles. The highest BCUT2D eigenvalue weighted by Gasteiger charge is 2.20. The van der Waals surface area contributed by atoms with E-state index in [1.54, 1.807) is 23.2 Å². The van der Waals surface area contributed by atoms with Crippen molar-refractivity contribution in [3.05, 3.63) is 66.8 Å². The molecular formula is C25H24F2N8O. The molecule has 1 aliphatic heterocycles. The third-order valence-electron chi connectivity index (χ3n) is 6.33. The van der Waals surface area contributed by atoms with E-state index < -0.39 is 5.82 Å². The molecule has 0 saturated carbocycles. The van der Waals surface area contributed by atoms with E-state index in [4.69, 9.17) is 4.74 Å². The van der Waals surface area contributed by atoms with Gasteiger partial charge >= 0.3 is 0 Å². The highest BCUT2D eigenvalue weighted by atomic mass is 19.1. The van der Waals surface area contributed by atoms with E-state index in [0.717, 1.165) is 37.7 Å². The Hall–Kier alpha value is -3.99. The molecule has 9 nitrogen and oxygen atoms in total. The summed E-state index contributed by atoms with van der Waals surface area (Å²) in [5.41, 5.74) is 3.14. The normalized spacial score (nSPS) is 16.1. The van der Waals surface area contributed by atoms with Gasteiger partial charge in [0.25, 0.3) is 0 Å². The summed E-state index contributed by atoms with van der Waals surface area (Å²) in [7, 11) is 0. The molecule has 5 aromatic rings. The molecule has 0 radical (unpaired) electrons. The van der Waals surface area contributed by atoms with Gasteiger partial charge in [0.05, 0.1) is 35.4 Å². The highest BCUT2D eigenvalue weighted by molar-refractivity contribution is 5.82. The second kappa shape index (κ2) is 9.57. The molecule has 11 heteroatoms. The number of imidazole rings is 2. The van der Waals surface area contributed by atoms with Gasteiger partial charge in [0.2, 0.25) is 0 Å². The zero-order valence-corrected chi connectivity index (χ0v) is 19.4. The molecule has 1 atom stereocenters. The second-order valence-corrected chi connectivity index (χ2v) is 8.76. The van der Waals surface area contributed by atoms with E-state index in [2.05, 4.69) is 30.2 Å². The lowest BCUT2D eigenvalue weighted by Crippen LogP contribution is -2.17. The standard InChI is InChI=1S/C25H24F2N8O/c26-16-6-7-19-20(11-16)35(18-10-17(27)12-28-13-18)21(33-19)4-3-8-29-24-23-25(31-14-30-24)34(15-32-23)22-5-1-2-9-36-22/h6-7,10-15,22H,1-5,8-9H2,(H,29,30,31)/t22-/m0/s1. The number of nitrogens with zero attached hydrogens (tertiary/aromatic N) is 7. The fourth-order valence-corrected chi connectivity index (χ4v) is 4.67. The average molecular weight is 491 g/mol. The third-order valence-corrected chi connectivity index (χ3v) is 6.33. The lowest BCUT2D eigenvalue weighted by atomic mass is 10.2. The van der Waals surface area contributed by atoms with E-state index in [9.17, 15) is 8.78 Å². The van der Waals surface area contributed by atoms with Gasteiger partial charge in [-0.15, -0.1) is 0 Å². The van der Waals surface area contributed by atoms with Crippen LogP contribution >= 0.6 is 0 Å². The van der Waals surface area contributed by atoms with Crippen molar-refractivity contribution < 1.29 is 13.5 Å². The van der Waals surface area contributed by atoms with E-state index in [0.29, 0.717) is 53.3 Å². The maximum Gasteiger partial charge on any atom is 0.167 e. The number of anilines is 1. The van der Waals surface area contributed by atoms with Crippen LogP contribution in [-0.2, 0) is 11.2 Å². The number of fused-ring (bicyclic) bond motifs is 2. The SMILES string of the molecule is Fc1cncc(-n2c(CCCNc3ncnc4c3ncn4[C@@H]3CCCCO3)nc3ccc(F)cc32)c1. The summed E-state index contributed by atoms with van der Waals surface area (Å²) in [5.74, 6) is 0.493. The Bertz CT molecular complexity index is 1530. The van der Waals surface area contributed by atoms with Crippen LogP contribution in [0.4, 0.5) is 14.6 Å². The van der Waals surface area contributed by atoms with Gasteiger partial charge in [0.1, 0.15) is 30.0 Å². The van der Waals surface area contributed by atoms with Crippen molar-refractivity contribution >= 4 is 28.0 Å². The summed E-state index contributed by atoms with van der Waals surface area (Å²) in [4.78, 5) is 22.0. The maximum absolute atomic E-state index is 14.0. The van der Waals surface area contributed by atoms with E-state index in [1.807, 2.05) is 4.57 Å². The van der Waals surface area contributed by atoms with Gasteiger partial charge < -0.3 is 10.1 Å². The van der Waals surface area contributed by atoms with Gasteiger partial charge in [-0.2, -0.15) is 0 Å². The van der Waals surface area contributed by atoms with Crippen LogP contribution in [0, 0.1) is 11.6 Å². The van der Waals surface area contributed by atoms with Crippen molar-refractivity contribution in [3.8, 4) is 5.69 Å². The molecule has 1 saturated heterocycles. The number of hydrogen-bond acceptors (Lipinski definition) is 7. The van der Waals surface area contributed by atoms with Gasteiger partial charge in [-0.05, 0) is 37.8 Å². The van der Waals surface area contributed by atoms with Gasteiger partial charge in [-0.3, -0.25) is 14.1 Å². The molecular weight excluding hydrogens is 466 g/mol. The molecule has 36 heavy (non-hydrogen) atoms. The van der Waals surface area contributed by atoms with Crippen LogP contribution in [0.15, 0.2) is 49.3 Å². The monoisotopic (exact) mass is 490 g/mol. The smallest absolute Gasteiger partial charge is 0.167 e. The molecule has 1 aliphatic rings. The summed E-state index contributed by atoms with van der Waals surface area (Å²) in [6.45, 7) is 1.33. The molecule has 5 heterocycles. The lowest BCUT2D eigenvalue weighted by molar-refractivity contribution is -0.0298. The number of aryl methyl sites for hydroxylation is 1. The number of aromatic nitrogens is 7. The molecule has 1 fully saturated rings. The Balaban J connectivity index is 1.20. The van der Waals surface area contributed by atoms with E-state index >= 15 is 0 Å². The predicted octanol–water partition coefficient (Wildman–Crippen LogP) is 4.58. The van der Waals surface area contributed by atoms with Crippen molar-refractivity contribution in [1.82, 2.24) is 34.1 Å². The maximum atomic E-state index is 14.0. The first kappa shape index (κ1) is 22.5. The molecule has 0 amide bonds. The van der Waals surface area contributed by atoms with Crippen LogP contribution in [0.2, 0.25) is 0 Å².